The van der Waals surface area contributed by atoms with E-state index in [0.717, 1.165) is 28.1 Å². The lowest BCUT2D eigenvalue weighted by molar-refractivity contribution is -0.140. The zero-order valence-electron chi connectivity index (χ0n) is 23.6. The molecule has 0 bridgehead atoms. The van der Waals surface area contributed by atoms with Crippen LogP contribution in [0.4, 0.5) is 16.2 Å². The molecule has 0 fully saturated rings. The van der Waals surface area contributed by atoms with Crippen LogP contribution in [0, 0.1) is 5.92 Å². The van der Waals surface area contributed by atoms with Crippen molar-refractivity contribution in [2.45, 2.75) is 66.3 Å². The van der Waals surface area contributed by atoms with Crippen LogP contribution in [-0.2, 0) is 9.53 Å². The smallest absolute Gasteiger partial charge is 0.338 e. The molecule has 8 heteroatoms. The molecule has 38 heavy (non-hydrogen) atoms. The predicted molar refractivity (Wildman–Crippen MR) is 158 cm³/mol. The summed E-state index contributed by atoms with van der Waals surface area (Å²) < 4.78 is 5.56. The van der Waals surface area contributed by atoms with E-state index >= 15 is 0 Å². The maximum absolute atomic E-state index is 13.0. The van der Waals surface area contributed by atoms with Crippen molar-refractivity contribution < 1.29 is 14.3 Å². The van der Waals surface area contributed by atoms with Crippen molar-refractivity contribution in [2.75, 3.05) is 24.3 Å². The summed E-state index contributed by atoms with van der Waals surface area (Å²) in [6, 6.07) is 12.8. The standard InChI is InChI=1S/C30H40N4O3S/c1-17(2)16-37-28(35)25-20(7)34(8)30(38)33-26(25)21-12-14-22(15-13-21)31-29(36)32-27-23(18(3)4)10-9-11-24(27)19(5)6/h9-15,17-19,26H,16H2,1-8H3,(H,33,38)(H2,31,32,36). The van der Waals surface area contributed by atoms with Crippen molar-refractivity contribution in [1.29, 1.82) is 0 Å². The molecule has 204 valence electrons. The molecule has 1 aliphatic heterocycles. The highest BCUT2D eigenvalue weighted by atomic mass is 32.1. The van der Waals surface area contributed by atoms with Gasteiger partial charge in [0.2, 0.25) is 0 Å². The molecule has 1 unspecified atom stereocenters. The largest absolute Gasteiger partial charge is 0.462 e. The average molecular weight is 537 g/mol. The second-order valence-electron chi connectivity index (χ2n) is 10.8. The molecule has 0 radical (unpaired) electrons. The maximum Gasteiger partial charge on any atom is 0.338 e. The Bertz CT molecular complexity index is 1190. The average Bonchev–Trinajstić information content (AvgIpc) is 2.85. The molecule has 7 nitrogen and oxygen atoms in total. The van der Waals surface area contributed by atoms with Crippen LogP contribution in [0.2, 0.25) is 0 Å². The van der Waals surface area contributed by atoms with Crippen LogP contribution in [0.3, 0.4) is 0 Å². The Morgan fingerprint density at radius 3 is 2.08 bits per heavy atom. The van der Waals surface area contributed by atoms with Crippen molar-refractivity contribution in [3.63, 3.8) is 0 Å². The Morgan fingerprint density at radius 2 is 1.55 bits per heavy atom. The minimum atomic E-state index is -0.451. The quantitative estimate of drug-likeness (QED) is 0.251. The lowest BCUT2D eigenvalue weighted by Crippen LogP contribution is -2.46. The molecule has 2 amide bonds. The summed E-state index contributed by atoms with van der Waals surface area (Å²) in [4.78, 5) is 27.8. The molecule has 2 aromatic rings. The van der Waals surface area contributed by atoms with Crippen LogP contribution in [0.1, 0.15) is 83.0 Å². The number of hydrogen-bond acceptors (Lipinski definition) is 4. The third kappa shape index (κ3) is 6.72. The first kappa shape index (κ1) is 29.2. The van der Waals surface area contributed by atoms with E-state index < -0.39 is 6.04 Å². The molecular formula is C30H40N4O3S. The minimum absolute atomic E-state index is 0.231. The number of carbonyl (C=O) groups excluding carboxylic acids is 2. The van der Waals surface area contributed by atoms with Crippen LogP contribution < -0.4 is 16.0 Å². The fraction of sp³-hybridized carbons (Fsp3) is 0.433. The number of nitrogens with zero attached hydrogens (tertiary/aromatic N) is 1. The Morgan fingerprint density at radius 1 is 0.974 bits per heavy atom. The van der Waals surface area contributed by atoms with Crippen molar-refractivity contribution >= 4 is 40.7 Å². The monoisotopic (exact) mass is 536 g/mol. The highest BCUT2D eigenvalue weighted by Crippen LogP contribution is 2.33. The molecule has 3 rings (SSSR count). The van der Waals surface area contributed by atoms with Crippen LogP contribution in [0.5, 0.6) is 0 Å². The van der Waals surface area contributed by atoms with E-state index in [9.17, 15) is 9.59 Å². The van der Waals surface area contributed by atoms with Crippen LogP contribution in [0.25, 0.3) is 0 Å². The number of thiocarbonyl (C=S) groups is 1. The Kier molecular flexibility index (Phi) is 9.55. The van der Waals surface area contributed by atoms with Gasteiger partial charge in [-0.25, -0.2) is 9.59 Å². The van der Waals surface area contributed by atoms with Gasteiger partial charge in [0, 0.05) is 24.1 Å². The van der Waals surface area contributed by atoms with Gasteiger partial charge >= 0.3 is 12.0 Å². The summed E-state index contributed by atoms with van der Waals surface area (Å²) >= 11 is 5.49. The SMILES string of the molecule is CC1=C(C(=O)OCC(C)C)C(c2ccc(NC(=O)Nc3c(C(C)C)cccc3C(C)C)cc2)NC(=S)N1C. The van der Waals surface area contributed by atoms with E-state index in [1.54, 1.807) is 4.90 Å². The molecule has 0 saturated carbocycles. The van der Waals surface area contributed by atoms with Crippen molar-refractivity contribution in [1.82, 2.24) is 10.2 Å². The number of esters is 1. The topological polar surface area (TPSA) is 82.7 Å². The van der Waals surface area contributed by atoms with Gasteiger partial charge in [-0.05, 0) is 65.7 Å². The molecule has 2 aromatic carbocycles. The van der Waals surface area contributed by atoms with E-state index in [2.05, 4.69) is 55.8 Å². The summed E-state index contributed by atoms with van der Waals surface area (Å²) in [7, 11) is 1.82. The Hall–Kier alpha value is -3.39. The number of para-hydroxylation sites is 1. The number of benzene rings is 2. The van der Waals surface area contributed by atoms with Gasteiger partial charge in [-0.3, -0.25) is 0 Å². The van der Waals surface area contributed by atoms with E-state index in [1.807, 2.05) is 58.2 Å². The van der Waals surface area contributed by atoms with Gasteiger partial charge in [0.05, 0.1) is 18.2 Å². The number of urea groups is 1. The second kappa shape index (κ2) is 12.4. The van der Waals surface area contributed by atoms with Gasteiger partial charge in [-0.15, -0.1) is 0 Å². The first-order valence-corrected chi connectivity index (χ1v) is 13.5. The van der Waals surface area contributed by atoms with Crippen molar-refractivity contribution in [2.24, 2.45) is 5.92 Å². The number of amides is 2. The fourth-order valence-corrected chi connectivity index (χ4v) is 4.65. The van der Waals surface area contributed by atoms with Crippen LogP contribution in [-0.4, -0.2) is 35.7 Å². The molecule has 1 aliphatic rings. The summed E-state index contributed by atoms with van der Waals surface area (Å²) in [6.07, 6.45) is 0. The number of allylic oxidation sites excluding steroid dienone is 1. The van der Waals surface area contributed by atoms with E-state index in [-0.39, 0.29) is 29.8 Å². The Balaban J connectivity index is 1.81. The summed E-state index contributed by atoms with van der Waals surface area (Å²) in [5, 5.41) is 9.80. The lowest BCUT2D eigenvalue weighted by Gasteiger charge is -2.35. The summed E-state index contributed by atoms with van der Waals surface area (Å²) in [5.41, 5.74) is 5.82. The third-order valence-electron chi connectivity index (χ3n) is 6.64. The lowest BCUT2D eigenvalue weighted by atomic mass is 9.93. The molecule has 0 aliphatic carbocycles. The van der Waals surface area contributed by atoms with Gasteiger partial charge in [-0.2, -0.15) is 0 Å². The van der Waals surface area contributed by atoms with Crippen LogP contribution >= 0.6 is 12.2 Å². The summed E-state index contributed by atoms with van der Waals surface area (Å²) in [6.45, 7) is 14.7. The number of nitrogens with one attached hydrogen (secondary N) is 3. The first-order valence-electron chi connectivity index (χ1n) is 13.1. The molecule has 1 atom stereocenters. The van der Waals surface area contributed by atoms with Crippen LogP contribution in [0.15, 0.2) is 53.7 Å². The highest BCUT2D eigenvalue weighted by molar-refractivity contribution is 7.80. The normalized spacial score (nSPS) is 15.7. The highest BCUT2D eigenvalue weighted by Gasteiger charge is 2.33. The summed E-state index contributed by atoms with van der Waals surface area (Å²) in [5.74, 6) is 0.410. The third-order valence-corrected chi connectivity index (χ3v) is 7.03. The minimum Gasteiger partial charge on any atom is -0.462 e. The predicted octanol–water partition coefficient (Wildman–Crippen LogP) is 6.91. The van der Waals surface area contributed by atoms with Gasteiger partial charge < -0.3 is 25.6 Å². The van der Waals surface area contributed by atoms with Crippen molar-refractivity contribution in [3.8, 4) is 0 Å². The van der Waals surface area contributed by atoms with Crippen molar-refractivity contribution in [3.05, 3.63) is 70.4 Å². The molecule has 0 saturated heterocycles. The number of carbonyl (C=O) groups is 2. The maximum atomic E-state index is 13.0. The molecule has 0 spiro atoms. The van der Waals surface area contributed by atoms with Gasteiger partial charge in [-0.1, -0.05) is 71.9 Å². The zero-order chi connectivity index (χ0) is 28.1. The molecular weight excluding hydrogens is 496 g/mol. The molecule has 3 N–H and O–H groups in total. The number of hydrogen-bond donors (Lipinski definition) is 3. The number of ether oxygens (including phenoxy) is 1. The Labute approximate surface area is 232 Å². The second-order valence-corrected chi connectivity index (χ2v) is 11.1. The zero-order valence-corrected chi connectivity index (χ0v) is 24.5. The number of anilines is 2. The molecule has 0 aromatic heterocycles. The van der Waals surface area contributed by atoms with E-state index in [4.69, 9.17) is 17.0 Å². The molecule has 1 heterocycles. The van der Waals surface area contributed by atoms with E-state index in [1.165, 1.54) is 0 Å². The van der Waals surface area contributed by atoms with E-state index in [0.29, 0.717) is 23.0 Å². The first-order chi connectivity index (χ1) is 17.9. The number of rotatable bonds is 8. The van der Waals surface area contributed by atoms with Gasteiger partial charge in [0.1, 0.15) is 0 Å². The fourth-order valence-electron chi connectivity index (χ4n) is 4.40. The van der Waals surface area contributed by atoms with Gasteiger partial charge in [0.15, 0.2) is 5.11 Å². The van der Waals surface area contributed by atoms with Gasteiger partial charge in [0.25, 0.3) is 0 Å².